The molecule has 5 nitrogen and oxygen atoms in total. The van der Waals surface area contributed by atoms with Crippen LogP contribution in [0.3, 0.4) is 0 Å². The number of nitrogens with one attached hydrogen (secondary N) is 1. The molecule has 5 heteroatoms. The van der Waals surface area contributed by atoms with Gasteiger partial charge < -0.3 is 15.2 Å². The number of rotatable bonds is 6. The molecule has 1 aromatic rings. The molecule has 0 aliphatic carbocycles. The molecule has 0 radical (unpaired) electrons. The summed E-state index contributed by atoms with van der Waals surface area (Å²) in [6, 6.07) is 6.58. The maximum absolute atomic E-state index is 12.0. The van der Waals surface area contributed by atoms with Crippen molar-refractivity contribution >= 4 is 11.9 Å². The number of ether oxygens (including phenoxy) is 1. The molecule has 0 bridgehead atoms. The zero-order valence-electron chi connectivity index (χ0n) is 11.4. The lowest BCUT2D eigenvalue weighted by molar-refractivity contribution is -0.143. The highest BCUT2D eigenvalue weighted by Gasteiger charge is 2.32. The largest absolute Gasteiger partial charge is 0.494 e. The Labute approximate surface area is 112 Å². The summed E-state index contributed by atoms with van der Waals surface area (Å²) in [6.07, 6.45) is 0.311. The molecular weight excluding hydrogens is 246 g/mol. The number of carboxylic acid groups (broad SMARTS) is 1. The predicted octanol–water partition coefficient (Wildman–Crippen LogP) is 2.07. The van der Waals surface area contributed by atoms with Crippen molar-refractivity contribution in [1.82, 2.24) is 5.32 Å². The minimum atomic E-state index is -1.25. The van der Waals surface area contributed by atoms with Crippen LogP contribution in [0.4, 0.5) is 0 Å². The van der Waals surface area contributed by atoms with Gasteiger partial charge in [-0.2, -0.15) is 0 Å². The van der Waals surface area contributed by atoms with E-state index in [1.54, 1.807) is 31.2 Å². The van der Waals surface area contributed by atoms with Crippen LogP contribution in [0.15, 0.2) is 24.3 Å². The molecule has 1 amide bonds. The van der Waals surface area contributed by atoms with Gasteiger partial charge in [-0.05, 0) is 44.5 Å². The minimum absolute atomic E-state index is 0.311. The van der Waals surface area contributed by atoms with Crippen molar-refractivity contribution in [2.24, 2.45) is 0 Å². The van der Waals surface area contributed by atoms with E-state index < -0.39 is 17.4 Å². The van der Waals surface area contributed by atoms with Crippen LogP contribution in [0.25, 0.3) is 0 Å². The number of hydrogen-bond acceptors (Lipinski definition) is 3. The van der Waals surface area contributed by atoms with Crippen molar-refractivity contribution in [3.63, 3.8) is 0 Å². The number of hydrogen-bond donors (Lipinski definition) is 2. The summed E-state index contributed by atoms with van der Waals surface area (Å²) in [5.74, 6) is -0.778. The molecule has 1 rings (SSSR count). The number of carbonyl (C=O) groups excluding carboxylic acids is 1. The fourth-order valence-corrected chi connectivity index (χ4v) is 1.49. The van der Waals surface area contributed by atoms with Crippen LogP contribution < -0.4 is 10.1 Å². The first-order valence-electron chi connectivity index (χ1n) is 6.21. The molecular formula is C14H19NO4. The van der Waals surface area contributed by atoms with Gasteiger partial charge in [0.1, 0.15) is 11.3 Å². The normalized spacial score (nSPS) is 13.4. The molecule has 19 heavy (non-hydrogen) atoms. The van der Waals surface area contributed by atoms with Gasteiger partial charge in [0, 0.05) is 5.56 Å². The van der Waals surface area contributed by atoms with Gasteiger partial charge in [-0.15, -0.1) is 0 Å². The molecule has 1 atom stereocenters. The summed E-state index contributed by atoms with van der Waals surface area (Å²) >= 11 is 0. The highest BCUT2D eigenvalue weighted by Crippen LogP contribution is 2.14. The number of carbonyl (C=O) groups is 2. The molecule has 0 saturated carbocycles. The van der Waals surface area contributed by atoms with Crippen LogP contribution in [0.1, 0.15) is 37.6 Å². The van der Waals surface area contributed by atoms with E-state index in [9.17, 15) is 9.59 Å². The van der Waals surface area contributed by atoms with E-state index in [4.69, 9.17) is 9.84 Å². The number of amides is 1. The van der Waals surface area contributed by atoms with Crippen LogP contribution in [0.5, 0.6) is 5.75 Å². The Kier molecular flexibility index (Phi) is 4.92. The third kappa shape index (κ3) is 3.71. The van der Waals surface area contributed by atoms with Crippen molar-refractivity contribution in [1.29, 1.82) is 0 Å². The van der Waals surface area contributed by atoms with Crippen molar-refractivity contribution in [2.45, 2.75) is 32.7 Å². The third-order valence-corrected chi connectivity index (χ3v) is 3.00. The van der Waals surface area contributed by atoms with E-state index in [-0.39, 0.29) is 0 Å². The highest BCUT2D eigenvalue weighted by atomic mass is 16.5. The summed E-state index contributed by atoms with van der Waals surface area (Å²) in [4.78, 5) is 23.1. The molecule has 0 fully saturated rings. The Hall–Kier alpha value is -2.04. The summed E-state index contributed by atoms with van der Waals surface area (Å²) in [7, 11) is 0. The van der Waals surface area contributed by atoms with E-state index in [0.717, 1.165) is 0 Å². The molecule has 104 valence electrons. The van der Waals surface area contributed by atoms with Gasteiger partial charge in [-0.3, -0.25) is 4.79 Å². The first-order chi connectivity index (χ1) is 8.92. The van der Waals surface area contributed by atoms with Gasteiger partial charge in [0.15, 0.2) is 0 Å². The molecule has 0 saturated heterocycles. The SMILES string of the molecule is CCOc1ccc(C(=O)NC(C)(CC)C(=O)O)cc1. The predicted molar refractivity (Wildman–Crippen MR) is 71.4 cm³/mol. The van der Waals surface area contributed by atoms with Gasteiger partial charge in [-0.25, -0.2) is 4.79 Å². The number of benzene rings is 1. The summed E-state index contributed by atoms with van der Waals surface area (Å²) < 4.78 is 5.28. The van der Waals surface area contributed by atoms with Crippen molar-refractivity contribution in [3.05, 3.63) is 29.8 Å². The maximum atomic E-state index is 12.0. The minimum Gasteiger partial charge on any atom is -0.494 e. The van der Waals surface area contributed by atoms with Crippen molar-refractivity contribution < 1.29 is 19.4 Å². The lowest BCUT2D eigenvalue weighted by Crippen LogP contribution is -2.51. The lowest BCUT2D eigenvalue weighted by atomic mass is 9.98. The molecule has 0 aliphatic heterocycles. The Balaban J connectivity index is 2.80. The fourth-order valence-electron chi connectivity index (χ4n) is 1.49. The van der Waals surface area contributed by atoms with Gasteiger partial charge in [0.25, 0.3) is 5.91 Å². The second-order valence-electron chi connectivity index (χ2n) is 4.40. The Bertz CT molecular complexity index is 455. The topological polar surface area (TPSA) is 75.6 Å². The molecule has 0 spiro atoms. The van der Waals surface area contributed by atoms with Crippen LogP contribution in [-0.2, 0) is 4.79 Å². The van der Waals surface area contributed by atoms with Crippen molar-refractivity contribution in [3.8, 4) is 5.75 Å². The van der Waals surface area contributed by atoms with Gasteiger partial charge in [0.2, 0.25) is 0 Å². The Morgan fingerprint density at radius 3 is 2.26 bits per heavy atom. The second-order valence-corrected chi connectivity index (χ2v) is 4.40. The zero-order chi connectivity index (χ0) is 14.5. The molecule has 2 N–H and O–H groups in total. The molecule has 1 unspecified atom stereocenters. The van der Waals surface area contributed by atoms with E-state index in [0.29, 0.717) is 24.3 Å². The monoisotopic (exact) mass is 265 g/mol. The van der Waals surface area contributed by atoms with Gasteiger partial charge in [0.05, 0.1) is 6.61 Å². The van der Waals surface area contributed by atoms with Crippen LogP contribution in [-0.4, -0.2) is 29.1 Å². The summed E-state index contributed by atoms with van der Waals surface area (Å²) in [6.45, 7) is 5.63. The van der Waals surface area contributed by atoms with E-state index in [2.05, 4.69) is 5.32 Å². The van der Waals surface area contributed by atoms with E-state index in [1.807, 2.05) is 6.92 Å². The maximum Gasteiger partial charge on any atom is 0.329 e. The van der Waals surface area contributed by atoms with Crippen LogP contribution in [0, 0.1) is 0 Å². The Morgan fingerprint density at radius 2 is 1.84 bits per heavy atom. The van der Waals surface area contributed by atoms with Gasteiger partial charge >= 0.3 is 5.97 Å². The summed E-state index contributed by atoms with van der Waals surface area (Å²) in [5, 5.41) is 11.6. The highest BCUT2D eigenvalue weighted by molar-refractivity contribution is 5.97. The quantitative estimate of drug-likeness (QED) is 0.825. The third-order valence-electron chi connectivity index (χ3n) is 3.00. The van der Waals surface area contributed by atoms with Gasteiger partial charge in [-0.1, -0.05) is 6.92 Å². The summed E-state index contributed by atoms with van der Waals surface area (Å²) in [5.41, 5.74) is -0.847. The van der Waals surface area contributed by atoms with Crippen LogP contribution in [0.2, 0.25) is 0 Å². The Morgan fingerprint density at radius 1 is 1.26 bits per heavy atom. The van der Waals surface area contributed by atoms with Crippen molar-refractivity contribution in [2.75, 3.05) is 6.61 Å². The van der Waals surface area contributed by atoms with E-state index in [1.165, 1.54) is 6.92 Å². The standard InChI is InChI=1S/C14H19NO4/c1-4-14(3,13(17)18)15-12(16)10-6-8-11(9-7-10)19-5-2/h6-9H,4-5H2,1-3H3,(H,15,16)(H,17,18). The first kappa shape index (κ1) is 15.0. The lowest BCUT2D eigenvalue weighted by Gasteiger charge is -2.24. The molecule has 0 heterocycles. The number of aliphatic carboxylic acids is 1. The first-order valence-corrected chi connectivity index (χ1v) is 6.21. The smallest absolute Gasteiger partial charge is 0.329 e. The van der Waals surface area contributed by atoms with E-state index >= 15 is 0 Å². The molecule has 1 aromatic carbocycles. The van der Waals surface area contributed by atoms with Crippen LogP contribution >= 0.6 is 0 Å². The average Bonchev–Trinajstić information content (AvgIpc) is 2.39. The molecule has 0 aromatic heterocycles. The second kappa shape index (κ2) is 6.22. The number of carboxylic acids is 1. The fraction of sp³-hybridized carbons (Fsp3) is 0.429. The zero-order valence-corrected chi connectivity index (χ0v) is 11.4. The molecule has 0 aliphatic rings. The average molecular weight is 265 g/mol.